The molecule has 4 aliphatic rings. The molecule has 0 spiro atoms. The Bertz CT molecular complexity index is 1160. The minimum absolute atomic E-state index is 0.0644. The van der Waals surface area contributed by atoms with Crippen LogP contribution in [0.25, 0.3) is 0 Å². The predicted molar refractivity (Wildman–Crippen MR) is 191 cm³/mol. The molecule has 0 unspecified atom stereocenters. The van der Waals surface area contributed by atoms with Crippen molar-refractivity contribution in [3.63, 3.8) is 0 Å². The van der Waals surface area contributed by atoms with E-state index >= 15 is 0 Å². The van der Waals surface area contributed by atoms with E-state index in [9.17, 15) is 4.79 Å². The zero-order valence-corrected chi connectivity index (χ0v) is 30.6. The van der Waals surface area contributed by atoms with Crippen molar-refractivity contribution in [2.45, 2.75) is 139 Å². The fourth-order valence-corrected chi connectivity index (χ4v) is 10.0. The van der Waals surface area contributed by atoms with Crippen molar-refractivity contribution in [3.05, 3.63) is 60.2 Å². The van der Waals surface area contributed by atoms with Crippen LogP contribution in [0.15, 0.2) is 54.6 Å². The van der Waals surface area contributed by atoms with E-state index in [4.69, 9.17) is 28.4 Å². The van der Waals surface area contributed by atoms with Crippen molar-refractivity contribution in [1.29, 1.82) is 0 Å². The molecule has 0 saturated carbocycles. The van der Waals surface area contributed by atoms with Gasteiger partial charge in [0.15, 0.2) is 6.29 Å². The van der Waals surface area contributed by atoms with Crippen LogP contribution in [0.5, 0.6) is 0 Å². The number of fused-ring (bicyclic) bond motifs is 2. The van der Waals surface area contributed by atoms with E-state index in [0.29, 0.717) is 25.9 Å². The van der Waals surface area contributed by atoms with Crippen LogP contribution in [0, 0.1) is 5.41 Å². The van der Waals surface area contributed by atoms with Gasteiger partial charge in [0.05, 0.1) is 46.6 Å². The van der Waals surface area contributed by atoms with E-state index in [1.54, 1.807) is 0 Å². The third-order valence-electron chi connectivity index (χ3n) is 9.34. The zero-order chi connectivity index (χ0) is 33.3. The van der Waals surface area contributed by atoms with Crippen molar-refractivity contribution in [3.8, 4) is 0 Å². The van der Waals surface area contributed by atoms with Crippen LogP contribution in [0.1, 0.15) is 97.8 Å². The second-order valence-corrected chi connectivity index (χ2v) is 17.4. The normalized spacial score (nSPS) is 34.1. The lowest BCUT2D eigenvalue weighted by Crippen LogP contribution is -2.47. The van der Waals surface area contributed by atoms with Crippen molar-refractivity contribution in [2.75, 3.05) is 24.7 Å². The number of rotatable bonds is 9. The predicted octanol–water partition coefficient (Wildman–Crippen LogP) is 8.43. The minimum atomic E-state index is -0.620. The van der Waals surface area contributed by atoms with Crippen LogP contribution in [0.2, 0.25) is 0 Å². The summed E-state index contributed by atoms with van der Waals surface area (Å²) in [4.78, 5) is 13.2. The maximum atomic E-state index is 13.2. The molecule has 0 aromatic heterocycles. The number of benzene rings is 1. The maximum Gasteiger partial charge on any atom is 0.311 e. The number of carbonyl (C=O) groups is 1. The molecule has 47 heavy (non-hydrogen) atoms. The molecular weight excluding hydrogens is 633 g/mol. The maximum absolute atomic E-state index is 13.2. The number of hydrogen-bond donors (Lipinski definition) is 0. The van der Waals surface area contributed by atoms with E-state index in [-0.39, 0.29) is 46.7 Å². The smallest absolute Gasteiger partial charge is 0.311 e. The molecule has 0 bridgehead atoms. The van der Waals surface area contributed by atoms with Gasteiger partial charge in [0, 0.05) is 18.6 Å². The first-order valence-electron chi connectivity index (χ1n) is 17.8. The highest BCUT2D eigenvalue weighted by molar-refractivity contribution is 8.18. The number of ether oxygens (including phenoxy) is 6. The Morgan fingerprint density at radius 3 is 2.40 bits per heavy atom. The second-order valence-electron chi connectivity index (χ2n) is 14.0. The van der Waals surface area contributed by atoms with Gasteiger partial charge in [-0.1, -0.05) is 68.5 Å². The average molecular weight is 689 g/mol. The SMILES string of the molecule is CCSC1(SCC)CCC[C@H]2OCCC[C@@H]2O[C@@H]1/C=C\C[C@@H]1O[C@@H]2CO[C@@H](c3ccccc3)O[C@H]2C/C=C\C[C@H]1OC(=O)C(C)(C)C. The highest BCUT2D eigenvalue weighted by atomic mass is 32.2. The van der Waals surface area contributed by atoms with Crippen LogP contribution >= 0.6 is 23.5 Å². The highest BCUT2D eigenvalue weighted by Gasteiger charge is 2.44. The molecule has 0 radical (unpaired) electrons. The van der Waals surface area contributed by atoms with Crippen LogP contribution in [-0.2, 0) is 33.2 Å². The van der Waals surface area contributed by atoms with Crippen LogP contribution < -0.4 is 0 Å². The third-order valence-corrected chi connectivity index (χ3v) is 12.5. The van der Waals surface area contributed by atoms with Crippen molar-refractivity contribution in [1.82, 2.24) is 0 Å². The van der Waals surface area contributed by atoms with Crippen molar-refractivity contribution >= 4 is 29.5 Å². The summed E-state index contributed by atoms with van der Waals surface area (Å²) in [7, 11) is 0. The molecule has 4 heterocycles. The molecule has 3 saturated heterocycles. The standard InChI is InChI=1S/C38H56O7S2/c1-6-46-38(47-7-2)24-14-21-28-29(22-15-25-40-28)43-34(38)23-13-20-30-31(45-36(39)37(3,4)5)18-11-12-19-32-33(42-30)26-41-35(44-32)27-16-9-8-10-17-27/h8-13,16-17,23,28-35H,6-7,14-15,18-22,24-26H2,1-5H3/b12-11-,23-13-/t28-,29+,30+,31-,32+,33-,34-,35-/m1/s1. The Balaban J connectivity index is 1.38. The van der Waals surface area contributed by atoms with E-state index < -0.39 is 17.8 Å². The van der Waals surface area contributed by atoms with E-state index in [0.717, 1.165) is 55.8 Å². The number of thioether (sulfide) groups is 2. The molecule has 3 fully saturated rings. The first-order valence-corrected chi connectivity index (χ1v) is 19.7. The second kappa shape index (κ2) is 17.6. The summed E-state index contributed by atoms with van der Waals surface area (Å²) in [6, 6.07) is 10.0. The lowest BCUT2D eigenvalue weighted by atomic mass is 9.95. The average Bonchev–Trinajstić information content (AvgIpc) is 3.13. The quantitative estimate of drug-likeness (QED) is 0.144. The summed E-state index contributed by atoms with van der Waals surface area (Å²) in [6.07, 6.45) is 14.4. The first kappa shape index (κ1) is 36.9. The third kappa shape index (κ3) is 9.89. The lowest BCUT2D eigenvalue weighted by Gasteiger charge is -2.45. The van der Waals surface area contributed by atoms with Gasteiger partial charge < -0.3 is 28.4 Å². The van der Waals surface area contributed by atoms with Gasteiger partial charge >= 0.3 is 5.97 Å². The Hall–Kier alpha value is -1.33. The summed E-state index contributed by atoms with van der Waals surface area (Å²) in [5.41, 5.74) is 0.375. The van der Waals surface area contributed by atoms with Gasteiger partial charge in [-0.25, -0.2) is 0 Å². The molecule has 1 aromatic carbocycles. The molecule has 4 aliphatic heterocycles. The Labute approximate surface area is 291 Å². The number of esters is 1. The molecule has 0 N–H and O–H groups in total. The summed E-state index contributed by atoms with van der Waals surface area (Å²) in [5, 5.41) is 0. The molecule has 9 heteroatoms. The fraction of sp³-hybridized carbons (Fsp3) is 0.711. The summed E-state index contributed by atoms with van der Waals surface area (Å²) in [5.74, 6) is 1.83. The zero-order valence-electron chi connectivity index (χ0n) is 29.0. The summed E-state index contributed by atoms with van der Waals surface area (Å²) in [6.45, 7) is 11.4. The molecule has 5 rings (SSSR count). The topological polar surface area (TPSA) is 72.5 Å². The molecule has 7 nitrogen and oxygen atoms in total. The number of hydrogen-bond acceptors (Lipinski definition) is 9. The largest absolute Gasteiger partial charge is 0.459 e. The first-order chi connectivity index (χ1) is 22.7. The van der Waals surface area contributed by atoms with Gasteiger partial charge in [-0.3, -0.25) is 4.79 Å². The van der Waals surface area contributed by atoms with Gasteiger partial charge in [0.1, 0.15) is 12.2 Å². The van der Waals surface area contributed by atoms with Crippen LogP contribution in [0.3, 0.4) is 0 Å². The van der Waals surface area contributed by atoms with Gasteiger partial charge in [-0.2, -0.15) is 0 Å². The van der Waals surface area contributed by atoms with Gasteiger partial charge in [0.2, 0.25) is 0 Å². The fourth-order valence-electron chi connectivity index (χ4n) is 6.85. The Morgan fingerprint density at radius 2 is 1.66 bits per heavy atom. The van der Waals surface area contributed by atoms with Crippen LogP contribution in [0.4, 0.5) is 0 Å². The molecule has 8 atom stereocenters. The summed E-state index contributed by atoms with van der Waals surface area (Å²) < 4.78 is 38.9. The van der Waals surface area contributed by atoms with Gasteiger partial charge in [0.25, 0.3) is 0 Å². The summed E-state index contributed by atoms with van der Waals surface area (Å²) >= 11 is 4.03. The van der Waals surface area contributed by atoms with E-state index in [2.05, 4.69) is 38.2 Å². The monoisotopic (exact) mass is 688 g/mol. The lowest BCUT2D eigenvalue weighted by molar-refractivity contribution is -0.276. The van der Waals surface area contributed by atoms with Crippen molar-refractivity contribution in [2.24, 2.45) is 5.41 Å². The molecule has 0 amide bonds. The number of carbonyl (C=O) groups excluding carboxylic acids is 1. The molecule has 1 aromatic rings. The van der Waals surface area contributed by atoms with Crippen molar-refractivity contribution < 1.29 is 33.2 Å². The Kier molecular flexibility index (Phi) is 13.8. The molecular formula is C38H56O7S2. The molecule has 0 aliphatic carbocycles. The van der Waals surface area contributed by atoms with E-state index in [1.807, 2.05) is 74.6 Å². The minimum Gasteiger partial charge on any atom is -0.459 e. The van der Waals surface area contributed by atoms with Crippen LogP contribution in [-0.4, -0.2) is 77.5 Å². The highest BCUT2D eigenvalue weighted by Crippen LogP contribution is 2.48. The van der Waals surface area contributed by atoms with E-state index in [1.165, 1.54) is 0 Å². The Morgan fingerprint density at radius 1 is 0.915 bits per heavy atom. The van der Waals surface area contributed by atoms with Gasteiger partial charge in [-0.05, 0) is 77.2 Å². The van der Waals surface area contributed by atoms with Gasteiger partial charge in [-0.15, -0.1) is 23.5 Å². The molecule has 262 valence electrons.